The Bertz CT molecular complexity index is 196. The molecule has 1 radical (unpaired) electrons. The minimum atomic E-state index is 0. The first-order valence-corrected chi connectivity index (χ1v) is 15.7. The van der Waals surface area contributed by atoms with Crippen LogP contribution in [0.5, 0.6) is 0 Å². The number of hydrogen-bond acceptors (Lipinski definition) is 0. The molecular formula is C33H69Cr. The van der Waals surface area contributed by atoms with E-state index in [2.05, 4.69) is 60.8 Å². The third-order valence-corrected chi connectivity index (χ3v) is 6.07. The van der Waals surface area contributed by atoms with Gasteiger partial charge < -0.3 is 19.3 Å². The largest absolute Gasteiger partial charge is 3.00 e. The molecule has 207 valence electrons. The van der Waals surface area contributed by atoms with Crippen LogP contribution in [0.2, 0.25) is 0 Å². The van der Waals surface area contributed by atoms with Crippen molar-refractivity contribution in [2.24, 2.45) is 0 Å². The molecule has 0 saturated heterocycles. The van der Waals surface area contributed by atoms with Gasteiger partial charge in [-0.3, -0.25) is 0 Å². The van der Waals surface area contributed by atoms with Gasteiger partial charge in [0, 0.05) is 0 Å². The Morgan fingerprint density at radius 2 is 0.412 bits per heavy atom. The quantitative estimate of drug-likeness (QED) is 0.0882. The molecule has 0 bridgehead atoms. The van der Waals surface area contributed by atoms with E-state index in [9.17, 15) is 0 Å². The maximum absolute atomic E-state index is 2.46. The SMILES string of the molecule is CCCCC[CH-]CCCCC.CCCCC[CH-]CCCCC.CCCCC[CH-]CCCCC.[Cr+3]. The molecule has 0 aromatic heterocycles. The van der Waals surface area contributed by atoms with E-state index in [-0.39, 0.29) is 17.4 Å². The molecular weight excluding hydrogens is 448 g/mol. The number of rotatable bonds is 24. The third kappa shape index (κ3) is 53.7. The molecule has 0 unspecified atom stereocenters. The van der Waals surface area contributed by atoms with Gasteiger partial charge in [0.15, 0.2) is 0 Å². The van der Waals surface area contributed by atoms with Crippen molar-refractivity contribution in [3.05, 3.63) is 19.3 Å². The molecule has 0 aromatic carbocycles. The van der Waals surface area contributed by atoms with Crippen molar-refractivity contribution in [1.82, 2.24) is 0 Å². The summed E-state index contributed by atoms with van der Waals surface area (Å²) in [6.07, 6.45) is 40.4. The number of hydrogen-bond donors (Lipinski definition) is 0. The molecule has 0 atom stereocenters. The summed E-state index contributed by atoms with van der Waals surface area (Å²) < 4.78 is 0. The van der Waals surface area contributed by atoms with Crippen molar-refractivity contribution in [2.45, 2.75) is 196 Å². The fourth-order valence-corrected chi connectivity index (χ4v) is 3.67. The Morgan fingerprint density at radius 1 is 0.265 bits per heavy atom. The van der Waals surface area contributed by atoms with E-state index in [1.165, 1.54) is 154 Å². The monoisotopic (exact) mass is 517 g/mol. The normalized spacial score (nSPS) is 10.1. The maximum atomic E-state index is 2.46. The summed E-state index contributed by atoms with van der Waals surface area (Å²) in [5.41, 5.74) is 0. The topological polar surface area (TPSA) is 0 Å². The minimum Gasteiger partial charge on any atom is -0.328 e. The number of unbranched alkanes of at least 4 members (excludes halogenated alkanes) is 24. The van der Waals surface area contributed by atoms with Crippen LogP contribution in [0.3, 0.4) is 0 Å². The molecule has 0 aliphatic heterocycles. The average molecular weight is 518 g/mol. The van der Waals surface area contributed by atoms with E-state index >= 15 is 0 Å². The van der Waals surface area contributed by atoms with Gasteiger partial charge in [-0.15, -0.1) is 0 Å². The molecule has 34 heavy (non-hydrogen) atoms. The second kappa shape index (κ2) is 46.8. The third-order valence-electron chi connectivity index (χ3n) is 6.07. The molecule has 0 nitrogen and oxygen atoms in total. The van der Waals surface area contributed by atoms with Crippen LogP contribution >= 0.6 is 0 Å². The van der Waals surface area contributed by atoms with E-state index in [1.807, 2.05) is 0 Å². The van der Waals surface area contributed by atoms with Crippen molar-refractivity contribution < 1.29 is 17.4 Å². The van der Waals surface area contributed by atoms with E-state index in [0.717, 1.165) is 0 Å². The van der Waals surface area contributed by atoms with Gasteiger partial charge in [0.1, 0.15) is 0 Å². The van der Waals surface area contributed by atoms with Crippen LogP contribution in [0.25, 0.3) is 0 Å². The Labute approximate surface area is 231 Å². The van der Waals surface area contributed by atoms with Crippen molar-refractivity contribution in [2.75, 3.05) is 0 Å². The van der Waals surface area contributed by atoms with Crippen LogP contribution in [0.1, 0.15) is 196 Å². The van der Waals surface area contributed by atoms with Gasteiger partial charge in [-0.25, -0.2) is 0 Å². The zero-order chi connectivity index (χ0) is 25.1. The minimum absolute atomic E-state index is 0. The predicted octanol–water partition coefficient (Wildman–Crippen LogP) is 13.1. The van der Waals surface area contributed by atoms with Gasteiger partial charge in [-0.2, -0.15) is 38.5 Å². The first-order valence-electron chi connectivity index (χ1n) is 15.7. The zero-order valence-corrected chi connectivity index (χ0v) is 26.4. The van der Waals surface area contributed by atoms with Crippen LogP contribution in [-0.4, -0.2) is 0 Å². The molecule has 1 heteroatoms. The fraction of sp³-hybridized carbons (Fsp3) is 0.909. The van der Waals surface area contributed by atoms with Crippen LogP contribution in [0.15, 0.2) is 0 Å². The molecule has 0 aliphatic carbocycles. The zero-order valence-electron chi connectivity index (χ0n) is 25.1. The van der Waals surface area contributed by atoms with E-state index in [4.69, 9.17) is 0 Å². The molecule has 0 saturated carbocycles. The molecule has 0 aromatic rings. The summed E-state index contributed by atoms with van der Waals surface area (Å²) in [4.78, 5) is 0. The molecule has 0 rings (SSSR count). The van der Waals surface area contributed by atoms with Crippen LogP contribution < -0.4 is 0 Å². The van der Waals surface area contributed by atoms with E-state index in [0.29, 0.717) is 0 Å². The van der Waals surface area contributed by atoms with Gasteiger partial charge in [0.25, 0.3) is 0 Å². The maximum Gasteiger partial charge on any atom is 3.00 e. The van der Waals surface area contributed by atoms with Gasteiger partial charge in [0.05, 0.1) is 0 Å². The summed E-state index contributed by atoms with van der Waals surface area (Å²) in [7, 11) is 0. The van der Waals surface area contributed by atoms with Crippen molar-refractivity contribution >= 4 is 0 Å². The molecule has 0 fully saturated rings. The Morgan fingerprint density at radius 3 is 0.529 bits per heavy atom. The Kier molecular flexibility index (Phi) is 57.4. The summed E-state index contributed by atoms with van der Waals surface area (Å²) in [6, 6.07) is 0. The average Bonchev–Trinajstić information content (AvgIpc) is 2.83. The van der Waals surface area contributed by atoms with E-state index < -0.39 is 0 Å². The molecule has 0 heterocycles. The van der Waals surface area contributed by atoms with Crippen molar-refractivity contribution in [1.29, 1.82) is 0 Å². The first-order chi connectivity index (χ1) is 16.2. The van der Waals surface area contributed by atoms with Gasteiger partial charge in [-0.1, -0.05) is 157 Å². The molecule has 0 aliphatic rings. The Balaban J connectivity index is -0.000000196. The fourth-order valence-electron chi connectivity index (χ4n) is 3.67. The van der Waals surface area contributed by atoms with E-state index in [1.54, 1.807) is 0 Å². The smallest absolute Gasteiger partial charge is 0.328 e. The molecule has 0 amide bonds. The summed E-state index contributed by atoms with van der Waals surface area (Å²) >= 11 is 0. The summed E-state index contributed by atoms with van der Waals surface area (Å²) in [5, 5.41) is 0. The van der Waals surface area contributed by atoms with Crippen LogP contribution in [0.4, 0.5) is 0 Å². The molecule has 0 N–H and O–H groups in total. The summed E-state index contributed by atoms with van der Waals surface area (Å²) in [6.45, 7) is 13.6. The summed E-state index contributed by atoms with van der Waals surface area (Å²) in [5.74, 6) is 0. The van der Waals surface area contributed by atoms with Crippen LogP contribution in [0, 0.1) is 19.3 Å². The first kappa shape index (κ1) is 41.7. The standard InChI is InChI=1S/3C11H23.Cr/c3*1-3-5-7-9-11-10-8-6-4-2;/h3*11H,3-10H2,1-2H3;/q3*-1;+3. The van der Waals surface area contributed by atoms with Gasteiger partial charge in [0.2, 0.25) is 0 Å². The second-order valence-electron chi connectivity index (χ2n) is 9.84. The second-order valence-corrected chi connectivity index (χ2v) is 9.84. The molecule has 0 spiro atoms. The van der Waals surface area contributed by atoms with Gasteiger partial charge in [-0.05, 0) is 0 Å². The van der Waals surface area contributed by atoms with Gasteiger partial charge >= 0.3 is 17.4 Å². The van der Waals surface area contributed by atoms with Crippen LogP contribution in [-0.2, 0) is 17.4 Å². The van der Waals surface area contributed by atoms with Crippen molar-refractivity contribution in [3.8, 4) is 0 Å². The Hall–Kier alpha value is 0.532. The van der Waals surface area contributed by atoms with Crippen molar-refractivity contribution in [3.63, 3.8) is 0 Å². The predicted molar refractivity (Wildman–Crippen MR) is 158 cm³/mol.